The summed E-state index contributed by atoms with van der Waals surface area (Å²) in [4.78, 5) is 13.4. The summed E-state index contributed by atoms with van der Waals surface area (Å²) in [7, 11) is 0. The van der Waals surface area contributed by atoms with Gasteiger partial charge in [-0.25, -0.2) is 4.39 Å². The summed E-state index contributed by atoms with van der Waals surface area (Å²) in [5.41, 5.74) is 3.21. The molecule has 1 aromatic heterocycles. The van der Waals surface area contributed by atoms with Crippen molar-refractivity contribution in [3.05, 3.63) is 30.1 Å². The minimum Gasteiger partial charge on any atom is -0.366 e. The molecule has 2 aromatic rings. The summed E-state index contributed by atoms with van der Waals surface area (Å²) in [5, 5.41) is 12.8. The fourth-order valence-corrected chi connectivity index (χ4v) is 5.59. The Labute approximate surface area is 177 Å². The fraction of sp³-hybridized carbons (Fsp3) is 0.609. The maximum atomic E-state index is 15.0. The number of fused-ring (bicyclic) bond motifs is 1. The molecule has 0 amide bonds. The van der Waals surface area contributed by atoms with Crippen LogP contribution in [0.4, 0.5) is 10.1 Å². The Morgan fingerprint density at radius 2 is 1.80 bits per heavy atom. The van der Waals surface area contributed by atoms with E-state index in [-0.39, 0.29) is 5.92 Å². The van der Waals surface area contributed by atoms with Crippen LogP contribution in [-0.2, 0) is 0 Å². The Kier molecular flexibility index (Phi) is 5.30. The number of benzene rings is 1. The number of piperidine rings is 2. The number of aromatic nitrogens is 2. The van der Waals surface area contributed by atoms with E-state index in [0.29, 0.717) is 35.1 Å². The van der Waals surface area contributed by atoms with Crippen molar-refractivity contribution in [1.82, 2.24) is 20.2 Å². The second kappa shape index (κ2) is 8.09. The molecule has 1 spiro atoms. The zero-order valence-corrected chi connectivity index (χ0v) is 17.4. The molecule has 2 atom stereocenters. The van der Waals surface area contributed by atoms with Gasteiger partial charge in [0.2, 0.25) is 0 Å². The van der Waals surface area contributed by atoms with Gasteiger partial charge < -0.3 is 15.1 Å². The van der Waals surface area contributed by atoms with Crippen LogP contribution in [0.2, 0.25) is 0 Å². The molecule has 0 aliphatic carbocycles. The predicted molar refractivity (Wildman–Crippen MR) is 115 cm³/mol. The number of likely N-dealkylation sites (tertiary alicyclic amines) is 1. The third-order valence-electron chi connectivity index (χ3n) is 7.50. The van der Waals surface area contributed by atoms with Crippen molar-refractivity contribution < 1.29 is 4.39 Å². The normalized spacial score (nSPS) is 26.9. The maximum absolute atomic E-state index is 15.0. The summed E-state index contributed by atoms with van der Waals surface area (Å²) in [6.07, 6.45) is 7.46. The van der Waals surface area contributed by atoms with Gasteiger partial charge in [-0.15, -0.1) is 0 Å². The minimum atomic E-state index is -0.845. The van der Waals surface area contributed by atoms with Gasteiger partial charge in [0.25, 0.3) is 0 Å². The number of hydrogen-bond donors (Lipinski definition) is 1. The second-order valence-electron chi connectivity index (χ2n) is 9.23. The molecule has 1 N–H and O–H groups in total. The van der Waals surface area contributed by atoms with Crippen molar-refractivity contribution in [3.63, 3.8) is 0 Å². The molecular formula is C23H29FN6. The third kappa shape index (κ3) is 3.63. The maximum Gasteiger partial charge on any atom is 0.123 e. The SMILES string of the molecule is N#Cc1ccc(N2CC(F)[C@@H](CN3CCC4(CCNCC4)CC3)C2)c2nccnc12. The first-order valence-electron chi connectivity index (χ1n) is 11.1. The van der Waals surface area contributed by atoms with Crippen molar-refractivity contribution >= 4 is 16.7 Å². The van der Waals surface area contributed by atoms with Crippen molar-refractivity contribution in [2.24, 2.45) is 11.3 Å². The van der Waals surface area contributed by atoms with Crippen LogP contribution in [0, 0.1) is 22.7 Å². The number of nitrogens with zero attached hydrogens (tertiary/aromatic N) is 5. The van der Waals surface area contributed by atoms with Crippen LogP contribution in [0.5, 0.6) is 0 Å². The Morgan fingerprint density at radius 3 is 2.53 bits per heavy atom. The van der Waals surface area contributed by atoms with Gasteiger partial charge in [0.1, 0.15) is 23.3 Å². The smallest absolute Gasteiger partial charge is 0.123 e. The first-order chi connectivity index (χ1) is 14.7. The van der Waals surface area contributed by atoms with Crippen molar-refractivity contribution in [2.75, 3.05) is 50.7 Å². The molecule has 3 fully saturated rings. The number of halogens is 1. The molecule has 7 heteroatoms. The lowest BCUT2D eigenvalue weighted by Gasteiger charge is -2.45. The summed E-state index contributed by atoms with van der Waals surface area (Å²) < 4.78 is 15.0. The Hall–Kier alpha value is -2.30. The predicted octanol–water partition coefficient (Wildman–Crippen LogP) is 2.74. The van der Waals surface area contributed by atoms with Crippen LogP contribution < -0.4 is 10.2 Å². The molecule has 1 aromatic carbocycles. The summed E-state index contributed by atoms with van der Waals surface area (Å²) in [6, 6.07) is 5.85. The molecule has 4 heterocycles. The number of nitrogens with one attached hydrogen (secondary N) is 1. The van der Waals surface area contributed by atoms with Gasteiger partial charge in [-0.1, -0.05) is 0 Å². The first kappa shape index (κ1) is 19.7. The van der Waals surface area contributed by atoms with Gasteiger partial charge in [0.05, 0.1) is 11.3 Å². The number of nitriles is 1. The summed E-state index contributed by atoms with van der Waals surface area (Å²) in [5.74, 6) is 0.00874. The van der Waals surface area contributed by atoms with Crippen LogP contribution in [0.3, 0.4) is 0 Å². The number of alkyl halides is 1. The highest BCUT2D eigenvalue weighted by Gasteiger charge is 2.39. The molecule has 3 aliphatic rings. The molecular weight excluding hydrogens is 379 g/mol. The van der Waals surface area contributed by atoms with Crippen molar-refractivity contribution in [2.45, 2.75) is 31.9 Å². The van der Waals surface area contributed by atoms with Crippen molar-refractivity contribution in [3.8, 4) is 6.07 Å². The average Bonchev–Trinajstić information content (AvgIpc) is 3.15. The van der Waals surface area contributed by atoms with E-state index < -0.39 is 6.17 Å². The lowest BCUT2D eigenvalue weighted by atomic mass is 9.71. The van der Waals surface area contributed by atoms with Gasteiger partial charge in [-0.05, 0) is 69.4 Å². The molecule has 5 rings (SSSR count). The standard InChI is InChI=1S/C23H29FN6/c24-19-16-30(20-2-1-17(13-25)21-22(20)28-10-9-27-21)15-18(19)14-29-11-5-23(6-12-29)3-7-26-8-4-23/h1-2,9-10,18-19,26H,3-8,11-12,14-16H2/t18-,19?/m0/s1. The van der Waals surface area contributed by atoms with Crippen LogP contribution >= 0.6 is 0 Å². The highest BCUT2D eigenvalue weighted by atomic mass is 19.1. The second-order valence-corrected chi connectivity index (χ2v) is 9.23. The van der Waals surface area contributed by atoms with E-state index in [1.165, 1.54) is 25.7 Å². The van der Waals surface area contributed by atoms with Crippen LogP contribution in [0.15, 0.2) is 24.5 Å². The molecule has 0 saturated carbocycles. The number of rotatable bonds is 3. The van der Waals surface area contributed by atoms with E-state index in [1.807, 2.05) is 6.07 Å². The lowest BCUT2D eigenvalue weighted by molar-refractivity contribution is 0.0606. The highest BCUT2D eigenvalue weighted by molar-refractivity contribution is 5.92. The monoisotopic (exact) mass is 408 g/mol. The molecule has 1 unspecified atom stereocenters. The zero-order valence-electron chi connectivity index (χ0n) is 17.4. The zero-order chi connectivity index (χ0) is 20.6. The number of hydrogen-bond acceptors (Lipinski definition) is 6. The summed E-state index contributed by atoms with van der Waals surface area (Å²) in [6.45, 7) is 6.36. The van der Waals surface area contributed by atoms with E-state index >= 15 is 4.39 Å². The van der Waals surface area contributed by atoms with E-state index in [2.05, 4.69) is 31.2 Å². The minimum absolute atomic E-state index is 0.00874. The summed E-state index contributed by atoms with van der Waals surface area (Å²) >= 11 is 0. The van der Waals surface area contributed by atoms with E-state index in [9.17, 15) is 5.26 Å². The topological polar surface area (TPSA) is 68.1 Å². The van der Waals surface area contributed by atoms with E-state index in [1.54, 1.807) is 18.5 Å². The molecule has 158 valence electrons. The quantitative estimate of drug-likeness (QED) is 0.842. The van der Waals surface area contributed by atoms with Gasteiger partial charge in [0.15, 0.2) is 0 Å². The molecule has 30 heavy (non-hydrogen) atoms. The first-order valence-corrected chi connectivity index (χ1v) is 11.1. The number of anilines is 1. The van der Waals surface area contributed by atoms with Crippen molar-refractivity contribution in [1.29, 1.82) is 5.26 Å². The molecule has 0 bridgehead atoms. The molecule has 3 saturated heterocycles. The van der Waals surface area contributed by atoms with Gasteiger partial charge in [-0.3, -0.25) is 9.97 Å². The van der Waals surface area contributed by atoms with E-state index in [4.69, 9.17) is 0 Å². The van der Waals surface area contributed by atoms with Crippen LogP contribution in [-0.4, -0.2) is 66.9 Å². The van der Waals surface area contributed by atoms with Gasteiger partial charge in [-0.2, -0.15) is 5.26 Å². The molecule has 3 aliphatic heterocycles. The fourth-order valence-electron chi connectivity index (χ4n) is 5.59. The largest absolute Gasteiger partial charge is 0.366 e. The van der Waals surface area contributed by atoms with Gasteiger partial charge >= 0.3 is 0 Å². The average molecular weight is 409 g/mol. The van der Waals surface area contributed by atoms with Crippen LogP contribution in [0.1, 0.15) is 31.2 Å². The highest BCUT2D eigenvalue weighted by Crippen LogP contribution is 2.40. The Bertz CT molecular complexity index is 940. The van der Waals surface area contributed by atoms with E-state index in [0.717, 1.165) is 38.4 Å². The molecule has 0 radical (unpaired) electrons. The molecule has 6 nitrogen and oxygen atoms in total. The third-order valence-corrected chi connectivity index (χ3v) is 7.50. The Morgan fingerprint density at radius 1 is 1.07 bits per heavy atom. The Balaban J connectivity index is 1.26. The lowest BCUT2D eigenvalue weighted by Crippen LogP contribution is -2.47. The van der Waals surface area contributed by atoms with Gasteiger partial charge in [0, 0.05) is 37.9 Å². The van der Waals surface area contributed by atoms with Crippen LogP contribution in [0.25, 0.3) is 11.0 Å².